The van der Waals surface area contributed by atoms with Crippen LogP contribution < -0.4 is 5.32 Å². The number of carbonyl (C=O) groups is 2. The molecule has 4 heteroatoms. The molecule has 0 aromatic heterocycles. The van der Waals surface area contributed by atoms with Crippen molar-refractivity contribution in [2.24, 2.45) is 0 Å². The molecule has 2 aliphatic rings. The smallest absolute Gasteiger partial charge is 0.336 e. The van der Waals surface area contributed by atoms with Crippen molar-refractivity contribution in [3.63, 3.8) is 0 Å². The molecule has 0 fully saturated rings. The standard InChI is InChI=1S/C26H27NO3/c1-17-11-13-20(14-12-17)24-23(18(2)27-21-9-6-10-22(28)25(21)24)26(29)30-16-15-19-7-4-3-5-8-19/h3-5,7-8,11-14,24,27H,6,9-10,15-16H2,1-2H3/t24-/m0/s1. The molecule has 0 radical (unpaired) electrons. The van der Waals surface area contributed by atoms with Crippen LogP contribution in [-0.2, 0) is 20.7 Å². The van der Waals surface area contributed by atoms with Crippen LogP contribution in [0.1, 0.15) is 48.8 Å². The second-order valence-corrected chi connectivity index (χ2v) is 8.05. The normalized spacial score (nSPS) is 18.7. The van der Waals surface area contributed by atoms with E-state index in [9.17, 15) is 9.59 Å². The minimum absolute atomic E-state index is 0.122. The van der Waals surface area contributed by atoms with Gasteiger partial charge in [0.1, 0.15) is 0 Å². The Balaban J connectivity index is 1.63. The Morgan fingerprint density at radius 2 is 1.77 bits per heavy atom. The zero-order chi connectivity index (χ0) is 21.1. The highest BCUT2D eigenvalue weighted by atomic mass is 16.5. The Bertz CT molecular complexity index is 1020. The first-order valence-electron chi connectivity index (χ1n) is 10.6. The van der Waals surface area contributed by atoms with E-state index < -0.39 is 0 Å². The molecule has 0 saturated carbocycles. The maximum atomic E-state index is 13.2. The first-order chi connectivity index (χ1) is 14.5. The van der Waals surface area contributed by atoms with E-state index in [1.807, 2.05) is 68.4 Å². The zero-order valence-electron chi connectivity index (χ0n) is 17.5. The Morgan fingerprint density at radius 1 is 1.03 bits per heavy atom. The van der Waals surface area contributed by atoms with E-state index in [2.05, 4.69) is 5.32 Å². The number of rotatable bonds is 5. The fourth-order valence-corrected chi connectivity index (χ4v) is 4.33. The van der Waals surface area contributed by atoms with Gasteiger partial charge in [-0.05, 0) is 37.8 Å². The predicted octanol–water partition coefficient (Wildman–Crippen LogP) is 4.75. The van der Waals surface area contributed by atoms with Gasteiger partial charge in [0.05, 0.1) is 12.2 Å². The number of nitrogens with one attached hydrogen (secondary N) is 1. The molecule has 2 aromatic carbocycles. The number of ketones is 1. The van der Waals surface area contributed by atoms with Crippen LogP contribution in [0, 0.1) is 6.92 Å². The van der Waals surface area contributed by atoms with E-state index in [1.165, 1.54) is 0 Å². The van der Waals surface area contributed by atoms with Crippen molar-refractivity contribution in [2.45, 2.75) is 45.4 Å². The van der Waals surface area contributed by atoms with Crippen molar-refractivity contribution in [1.82, 2.24) is 5.32 Å². The first kappa shape index (κ1) is 20.1. The lowest BCUT2D eigenvalue weighted by molar-refractivity contribution is -0.139. The molecule has 1 heterocycles. The maximum Gasteiger partial charge on any atom is 0.336 e. The van der Waals surface area contributed by atoms with Crippen molar-refractivity contribution in [3.05, 3.63) is 93.8 Å². The lowest BCUT2D eigenvalue weighted by Gasteiger charge is -2.34. The predicted molar refractivity (Wildman–Crippen MR) is 117 cm³/mol. The summed E-state index contributed by atoms with van der Waals surface area (Å²) in [5, 5.41) is 3.34. The molecule has 0 unspecified atom stereocenters. The second-order valence-electron chi connectivity index (χ2n) is 8.05. The Kier molecular flexibility index (Phi) is 5.84. The van der Waals surface area contributed by atoms with Crippen LogP contribution in [0.2, 0.25) is 0 Å². The third-order valence-electron chi connectivity index (χ3n) is 5.87. The van der Waals surface area contributed by atoms with E-state index in [4.69, 9.17) is 4.74 Å². The molecule has 1 aliphatic carbocycles. The molecule has 1 atom stereocenters. The summed E-state index contributed by atoms with van der Waals surface area (Å²) < 4.78 is 5.68. The van der Waals surface area contributed by atoms with E-state index in [0.29, 0.717) is 25.0 Å². The summed E-state index contributed by atoms with van der Waals surface area (Å²) in [6, 6.07) is 18.1. The van der Waals surface area contributed by atoms with Crippen LogP contribution in [0.5, 0.6) is 0 Å². The van der Waals surface area contributed by atoms with E-state index in [0.717, 1.165) is 46.5 Å². The zero-order valence-corrected chi connectivity index (χ0v) is 17.5. The number of benzene rings is 2. The lowest BCUT2D eigenvalue weighted by atomic mass is 9.75. The molecule has 30 heavy (non-hydrogen) atoms. The van der Waals surface area contributed by atoms with Crippen LogP contribution in [0.4, 0.5) is 0 Å². The quantitative estimate of drug-likeness (QED) is 0.735. The molecule has 1 aliphatic heterocycles. The van der Waals surface area contributed by atoms with Crippen molar-refractivity contribution >= 4 is 11.8 Å². The number of Topliss-reactive ketones (excluding diaryl/α,β-unsaturated/α-hetero) is 1. The fraction of sp³-hybridized carbons (Fsp3) is 0.308. The molecule has 0 bridgehead atoms. The summed E-state index contributed by atoms with van der Waals surface area (Å²) in [5.74, 6) is -0.610. The van der Waals surface area contributed by atoms with Crippen molar-refractivity contribution in [1.29, 1.82) is 0 Å². The molecular weight excluding hydrogens is 374 g/mol. The van der Waals surface area contributed by atoms with Crippen molar-refractivity contribution in [3.8, 4) is 0 Å². The highest BCUT2D eigenvalue weighted by Crippen LogP contribution is 2.42. The molecule has 1 N–H and O–H groups in total. The van der Waals surface area contributed by atoms with Gasteiger partial charge in [-0.15, -0.1) is 0 Å². The van der Waals surface area contributed by atoms with E-state index >= 15 is 0 Å². The van der Waals surface area contributed by atoms with Crippen molar-refractivity contribution in [2.75, 3.05) is 6.61 Å². The fourth-order valence-electron chi connectivity index (χ4n) is 4.33. The molecule has 0 amide bonds. The van der Waals surface area contributed by atoms with Gasteiger partial charge in [0.15, 0.2) is 5.78 Å². The first-order valence-corrected chi connectivity index (χ1v) is 10.6. The van der Waals surface area contributed by atoms with Gasteiger partial charge in [0.25, 0.3) is 0 Å². The lowest BCUT2D eigenvalue weighted by Crippen LogP contribution is -2.34. The summed E-state index contributed by atoms with van der Waals surface area (Å²) in [6.45, 7) is 4.24. The summed E-state index contributed by atoms with van der Waals surface area (Å²) in [6.07, 6.45) is 2.86. The average Bonchev–Trinajstić information content (AvgIpc) is 2.74. The number of hydrogen-bond donors (Lipinski definition) is 1. The van der Waals surface area contributed by atoms with Gasteiger partial charge in [-0.25, -0.2) is 4.79 Å². The third kappa shape index (κ3) is 4.09. The number of carbonyl (C=O) groups excluding carboxylic acids is 2. The molecule has 154 valence electrons. The van der Waals surface area contributed by atoms with E-state index in [1.54, 1.807) is 0 Å². The molecule has 0 spiro atoms. The summed E-state index contributed by atoms with van der Waals surface area (Å²) in [7, 11) is 0. The molecular formula is C26H27NO3. The van der Waals surface area contributed by atoms with Crippen LogP contribution in [0.3, 0.4) is 0 Å². The number of ether oxygens (including phenoxy) is 1. The highest BCUT2D eigenvalue weighted by molar-refractivity contribution is 6.03. The summed E-state index contributed by atoms with van der Waals surface area (Å²) in [5.41, 5.74) is 6.23. The minimum Gasteiger partial charge on any atom is -0.462 e. The van der Waals surface area contributed by atoms with Gasteiger partial charge in [-0.3, -0.25) is 4.79 Å². The molecule has 4 nitrogen and oxygen atoms in total. The largest absolute Gasteiger partial charge is 0.462 e. The van der Waals surface area contributed by atoms with Crippen LogP contribution in [0.25, 0.3) is 0 Å². The molecule has 4 rings (SSSR count). The van der Waals surface area contributed by atoms with Crippen LogP contribution in [-0.4, -0.2) is 18.4 Å². The third-order valence-corrected chi connectivity index (χ3v) is 5.87. The van der Waals surface area contributed by atoms with Crippen LogP contribution >= 0.6 is 0 Å². The highest BCUT2D eigenvalue weighted by Gasteiger charge is 2.38. The summed E-state index contributed by atoms with van der Waals surface area (Å²) >= 11 is 0. The molecule has 2 aromatic rings. The second kappa shape index (κ2) is 8.70. The van der Waals surface area contributed by atoms with Crippen molar-refractivity contribution < 1.29 is 14.3 Å². The Morgan fingerprint density at radius 3 is 2.50 bits per heavy atom. The van der Waals surface area contributed by atoms with Gasteiger partial charge in [0, 0.05) is 35.7 Å². The van der Waals surface area contributed by atoms with Gasteiger partial charge >= 0.3 is 5.97 Å². The number of hydrogen-bond acceptors (Lipinski definition) is 4. The van der Waals surface area contributed by atoms with Crippen LogP contribution in [0.15, 0.2) is 77.1 Å². The van der Waals surface area contributed by atoms with Gasteiger partial charge < -0.3 is 10.1 Å². The summed E-state index contributed by atoms with van der Waals surface area (Å²) in [4.78, 5) is 26.1. The number of allylic oxidation sites excluding steroid dienone is 3. The van der Waals surface area contributed by atoms with Gasteiger partial charge in [-0.1, -0.05) is 60.2 Å². The molecule has 0 saturated heterocycles. The SMILES string of the molecule is CC1=C(C(=O)OCCc2ccccc2)[C@H](c2ccc(C)cc2)C2=C(CCCC2=O)N1. The maximum absolute atomic E-state index is 13.2. The van der Waals surface area contributed by atoms with E-state index in [-0.39, 0.29) is 17.7 Å². The monoisotopic (exact) mass is 401 g/mol. The number of aryl methyl sites for hydroxylation is 1. The number of esters is 1. The Labute approximate surface area is 177 Å². The minimum atomic E-state index is -0.376. The Hall–Kier alpha value is -3.14. The average molecular weight is 402 g/mol. The number of dihydropyridines is 1. The topological polar surface area (TPSA) is 55.4 Å². The van der Waals surface area contributed by atoms with Gasteiger partial charge in [0.2, 0.25) is 0 Å². The van der Waals surface area contributed by atoms with Gasteiger partial charge in [-0.2, -0.15) is 0 Å².